The number of hydrogen-bond donors (Lipinski definition) is 0. The molecule has 28 heavy (non-hydrogen) atoms. The van der Waals surface area contributed by atoms with E-state index in [1.807, 2.05) is 43.3 Å². The molecule has 1 amide bonds. The summed E-state index contributed by atoms with van der Waals surface area (Å²) < 4.78 is 33.2. The molecular weight excluding hydrogens is 374 g/mol. The summed E-state index contributed by atoms with van der Waals surface area (Å²) in [6, 6.07) is 14.3. The largest absolute Gasteiger partial charge is 0.468 e. The molecule has 0 N–H and O–H groups in total. The number of fused-ring (bicyclic) bond motifs is 4. The van der Waals surface area contributed by atoms with E-state index in [0.29, 0.717) is 18.1 Å². The number of carbonyl (C=O) groups is 1. The molecule has 2 aliphatic rings. The molecule has 1 fully saturated rings. The number of carbonyl (C=O) groups excluding carboxylic acids is 1. The van der Waals surface area contributed by atoms with Crippen molar-refractivity contribution in [2.24, 2.45) is 0 Å². The smallest absolute Gasteiger partial charge is 0.244 e. The second kappa shape index (κ2) is 6.34. The number of nitrogens with zero attached hydrogens (tertiary/aromatic N) is 1. The van der Waals surface area contributed by atoms with Gasteiger partial charge in [-0.15, -0.1) is 0 Å². The summed E-state index contributed by atoms with van der Waals surface area (Å²) in [5.41, 5.74) is 1.01. The Bertz CT molecular complexity index is 1030. The highest BCUT2D eigenvalue weighted by molar-refractivity contribution is 7.92. The molecule has 2 aromatic carbocycles. The van der Waals surface area contributed by atoms with Crippen LogP contribution in [-0.4, -0.2) is 37.2 Å². The number of piperidine rings is 1. The topological polar surface area (TPSA) is 63.7 Å². The number of hydrogen-bond acceptors (Lipinski definition) is 4. The first-order chi connectivity index (χ1) is 13.1. The fourth-order valence-electron chi connectivity index (χ4n) is 4.29. The third-order valence-electron chi connectivity index (χ3n) is 6.11. The lowest BCUT2D eigenvalue weighted by molar-refractivity contribution is -0.159. The maximum atomic E-state index is 13.6. The maximum absolute atomic E-state index is 13.6. The zero-order valence-corrected chi connectivity index (χ0v) is 17.4. The van der Waals surface area contributed by atoms with E-state index in [2.05, 4.69) is 13.8 Å². The van der Waals surface area contributed by atoms with Crippen LogP contribution in [0.4, 0.5) is 0 Å². The first kappa shape index (κ1) is 19.0. The molecule has 2 aliphatic heterocycles. The Morgan fingerprint density at radius 2 is 1.75 bits per heavy atom. The molecule has 4 rings (SSSR count). The van der Waals surface area contributed by atoms with Crippen molar-refractivity contribution in [2.45, 2.75) is 54.9 Å². The SMILES string of the molecule is CC(C)c1ccc(S(=O)(=O)[C@H]2C(=O)N(C)[C@]3(C)C[C@H]2c2ccccc2O3)cc1. The molecule has 0 saturated carbocycles. The number of rotatable bonds is 3. The molecule has 0 aliphatic carbocycles. The van der Waals surface area contributed by atoms with Crippen molar-refractivity contribution in [2.75, 3.05) is 7.05 Å². The van der Waals surface area contributed by atoms with Crippen LogP contribution >= 0.6 is 0 Å². The molecule has 2 bridgehead atoms. The highest BCUT2D eigenvalue weighted by Crippen LogP contribution is 2.49. The van der Waals surface area contributed by atoms with E-state index in [-0.39, 0.29) is 4.90 Å². The van der Waals surface area contributed by atoms with Crippen molar-refractivity contribution in [3.63, 3.8) is 0 Å². The van der Waals surface area contributed by atoms with Crippen LogP contribution in [0.5, 0.6) is 5.75 Å². The van der Waals surface area contributed by atoms with Gasteiger partial charge in [0.2, 0.25) is 5.91 Å². The Hall–Kier alpha value is -2.34. The van der Waals surface area contributed by atoms with Crippen LogP contribution in [-0.2, 0) is 14.6 Å². The highest BCUT2D eigenvalue weighted by Gasteiger charge is 2.56. The second-order valence-corrected chi connectivity index (χ2v) is 10.3. The Kier molecular flexibility index (Phi) is 4.30. The van der Waals surface area contributed by atoms with Gasteiger partial charge in [-0.1, -0.05) is 44.2 Å². The van der Waals surface area contributed by atoms with E-state index >= 15 is 0 Å². The van der Waals surface area contributed by atoms with Crippen LogP contribution in [0.15, 0.2) is 53.4 Å². The normalized spacial score (nSPS) is 26.8. The van der Waals surface area contributed by atoms with E-state index in [1.165, 1.54) is 4.90 Å². The first-order valence-corrected chi connectivity index (χ1v) is 11.1. The predicted octanol–water partition coefficient (Wildman–Crippen LogP) is 3.71. The third-order valence-corrected chi connectivity index (χ3v) is 8.23. The summed E-state index contributed by atoms with van der Waals surface area (Å²) in [6.45, 7) is 5.96. The fourth-order valence-corrected chi connectivity index (χ4v) is 6.19. The monoisotopic (exact) mass is 399 g/mol. The second-order valence-electron chi connectivity index (χ2n) is 8.21. The van der Waals surface area contributed by atoms with Crippen molar-refractivity contribution in [1.29, 1.82) is 0 Å². The average molecular weight is 400 g/mol. The third kappa shape index (κ3) is 2.73. The summed E-state index contributed by atoms with van der Waals surface area (Å²) in [7, 11) is -2.23. The zero-order valence-electron chi connectivity index (χ0n) is 16.5. The molecule has 6 heteroatoms. The van der Waals surface area contributed by atoms with E-state index in [1.54, 1.807) is 19.2 Å². The van der Waals surface area contributed by atoms with Crippen LogP contribution in [0, 0.1) is 0 Å². The van der Waals surface area contributed by atoms with Gasteiger partial charge < -0.3 is 9.64 Å². The fraction of sp³-hybridized carbons (Fsp3) is 0.409. The Labute approximate surface area is 166 Å². The predicted molar refractivity (Wildman–Crippen MR) is 107 cm³/mol. The van der Waals surface area contributed by atoms with Gasteiger partial charge in [0.1, 0.15) is 5.75 Å². The first-order valence-electron chi connectivity index (χ1n) is 9.54. The maximum Gasteiger partial charge on any atom is 0.244 e. The molecule has 5 nitrogen and oxygen atoms in total. The number of amides is 1. The molecule has 148 valence electrons. The summed E-state index contributed by atoms with van der Waals surface area (Å²) in [4.78, 5) is 14.9. The van der Waals surface area contributed by atoms with Gasteiger partial charge in [-0.2, -0.15) is 0 Å². The van der Waals surface area contributed by atoms with Crippen molar-refractivity contribution < 1.29 is 17.9 Å². The lowest BCUT2D eigenvalue weighted by Crippen LogP contribution is -2.64. The van der Waals surface area contributed by atoms with Gasteiger partial charge in [-0.3, -0.25) is 4.79 Å². The van der Waals surface area contributed by atoms with Gasteiger partial charge in [0.05, 0.1) is 4.90 Å². The van der Waals surface area contributed by atoms with Crippen molar-refractivity contribution in [3.8, 4) is 5.75 Å². The highest BCUT2D eigenvalue weighted by atomic mass is 32.2. The van der Waals surface area contributed by atoms with Gasteiger partial charge in [0.25, 0.3) is 0 Å². The van der Waals surface area contributed by atoms with Gasteiger partial charge >= 0.3 is 0 Å². The van der Waals surface area contributed by atoms with Gasteiger partial charge in [0, 0.05) is 19.4 Å². The van der Waals surface area contributed by atoms with Crippen LogP contribution in [0.1, 0.15) is 50.2 Å². The average Bonchev–Trinajstić information content (AvgIpc) is 2.66. The lowest BCUT2D eigenvalue weighted by Gasteiger charge is -2.51. The summed E-state index contributed by atoms with van der Waals surface area (Å²) in [5.74, 6) is 0.104. The van der Waals surface area contributed by atoms with E-state index in [9.17, 15) is 13.2 Å². The van der Waals surface area contributed by atoms with Gasteiger partial charge in [-0.05, 0) is 42.2 Å². The number of likely N-dealkylation sites (tertiary alicyclic amines) is 1. The van der Waals surface area contributed by atoms with Crippen LogP contribution in [0.25, 0.3) is 0 Å². The number of benzene rings is 2. The number of sulfone groups is 1. The zero-order chi connectivity index (χ0) is 20.3. The Balaban J connectivity index is 1.83. The molecule has 0 aromatic heterocycles. The van der Waals surface area contributed by atoms with Crippen molar-refractivity contribution >= 4 is 15.7 Å². The van der Waals surface area contributed by atoms with Gasteiger partial charge in [0.15, 0.2) is 20.8 Å². The molecule has 2 aromatic rings. The minimum absolute atomic E-state index is 0.191. The summed E-state index contributed by atoms with van der Waals surface area (Å²) in [5, 5.41) is -1.15. The van der Waals surface area contributed by atoms with Crippen molar-refractivity contribution in [1.82, 2.24) is 4.90 Å². The lowest BCUT2D eigenvalue weighted by atomic mass is 9.80. The van der Waals surface area contributed by atoms with Crippen molar-refractivity contribution in [3.05, 3.63) is 59.7 Å². The minimum atomic E-state index is -3.85. The van der Waals surface area contributed by atoms with Crippen LogP contribution < -0.4 is 4.74 Å². The Morgan fingerprint density at radius 3 is 2.39 bits per heavy atom. The number of para-hydroxylation sites is 1. The van der Waals surface area contributed by atoms with Crippen LogP contribution in [0.2, 0.25) is 0 Å². The quantitative estimate of drug-likeness (QED) is 0.789. The van der Waals surface area contributed by atoms with E-state index in [0.717, 1.165) is 11.1 Å². The molecule has 0 spiro atoms. The summed E-state index contributed by atoms with van der Waals surface area (Å²) in [6.07, 6.45) is 0.445. The molecular formula is C22H25NO4S. The molecule has 3 atom stereocenters. The standard InChI is InChI=1S/C22H25NO4S/c1-14(2)15-9-11-16(12-10-15)28(25,26)20-18-13-22(3,23(4)21(20)24)27-19-8-6-5-7-17(18)19/h5-12,14,18,20H,13H2,1-4H3/t18-,20+,22-/m0/s1. The van der Waals surface area contributed by atoms with Gasteiger partial charge in [-0.25, -0.2) is 8.42 Å². The molecule has 0 radical (unpaired) electrons. The molecule has 1 saturated heterocycles. The molecule has 2 heterocycles. The number of ether oxygens (including phenoxy) is 1. The minimum Gasteiger partial charge on any atom is -0.468 e. The van der Waals surface area contributed by atoms with E-state index < -0.39 is 32.6 Å². The summed E-state index contributed by atoms with van der Waals surface area (Å²) >= 11 is 0. The Morgan fingerprint density at radius 1 is 1.11 bits per heavy atom. The van der Waals surface area contributed by atoms with Crippen LogP contribution in [0.3, 0.4) is 0 Å². The van der Waals surface area contributed by atoms with E-state index in [4.69, 9.17) is 4.74 Å². The molecule has 0 unspecified atom stereocenters.